The zero-order valence-corrected chi connectivity index (χ0v) is 9.36. The lowest BCUT2D eigenvalue weighted by molar-refractivity contribution is 0.410. The fourth-order valence-electron chi connectivity index (χ4n) is 0.835. The summed E-state index contributed by atoms with van der Waals surface area (Å²) in [5.74, 6) is 2.36. The van der Waals surface area contributed by atoms with Crippen LogP contribution in [-0.4, -0.2) is 43.1 Å². The Hall–Kier alpha value is 0.270. The minimum absolute atomic E-state index is 0.398. The molecule has 3 heteroatoms. The summed E-state index contributed by atoms with van der Waals surface area (Å²) < 4.78 is 0. The lowest BCUT2D eigenvalue weighted by atomic mass is 10.3. The first kappa shape index (κ1) is 12.3. The van der Waals surface area contributed by atoms with Gasteiger partial charge in [0, 0.05) is 11.8 Å². The van der Waals surface area contributed by atoms with Gasteiger partial charge in [0.15, 0.2) is 0 Å². The molecule has 0 amide bonds. The molecular formula is C9H22N2S. The van der Waals surface area contributed by atoms with Gasteiger partial charge in [0.1, 0.15) is 0 Å². The average Bonchev–Trinajstić information content (AvgIpc) is 2.03. The second kappa shape index (κ2) is 7.90. The highest BCUT2D eigenvalue weighted by Gasteiger charge is 1.98. The number of rotatable bonds is 7. The third-order valence-electron chi connectivity index (χ3n) is 1.75. The molecule has 2 N–H and O–H groups in total. The van der Waals surface area contributed by atoms with Crippen LogP contribution in [0.1, 0.15) is 19.8 Å². The van der Waals surface area contributed by atoms with Crippen LogP contribution in [0.5, 0.6) is 0 Å². The molecule has 0 aliphatic carbocycles. The molecule has 0 aromatic rings. The molecule has 12 heavy (non-hydrogen) atoms. The molecule has 0 aromatic carbocycles. The van der Waals surface area contributed by atoms with Crippen molar-refractivity contribution in [3.8, 4) is 0 Å². The summed E-state index contributed by atoms with van der Waals surface area (Å²) in [5, 5.41) is 0. The van der Waals surface area contributed by atoms with Crippen LogP contribution in [0.3, 0.4) is 0 Å². The Morgan fingerprint density at radius 1 is 1.42 bits per heavy atom. The quantitative estimate of drug-likeness (QED) is 0.616. The van der Waals surface area contributed by atoms with Gasteiger partial charge in [0.25, 0.3) is 0 Å². The maximum Gasteiger partial charge on any atom is 0.0127 e. The van der Waals surface area contributed by atoms with E-state index in [-0.39, 0.29) is 0 Å². The van der Waals surface area contributed by atoms with Crippen molar-refractivity contribution >= 4 is 11.8 Å². The topological polar surface area (TPSA) is 29.3 Å². The molecule has 0 rings (SSSR count). The van der Waals surface area contributed by atoms with Gasteiger partial charge in [-0.25, -0.2) is 0 Å². The van der Waals surface area contributed by atoms with Crippen molar-refractivity contribution in [2.24, 2.45) is 5.73 Å². The van der Waals surface area contributed by atoms with Crippen LogP contribution in [0.2, 0.25) is 0 Å². The average molecular weight is 190 g/mol. The fraction of sp³-hybridized carbons (Fsp3) is 1.00. The van der Waals surface area contributed by atoms with Gasteiger partial charge in [-0.15, -0.1) is 0 Å². The van der Waals surface area contributed by atoms with E-state index in [4.69, 9.17) is 5.73 Å². The highest BCUT2D eigenvalue weighted by molar-refractivity contribution is 7.99. The first-order chi connectivity index (χ1) is 5.66. The number of hydrogen-bond acceptors (Lipinski definition) is 3. The van der Waals surface area contributed by atoms with E-state index in [0.717, 1.165) is 12.2 Å². The summed E-state index contributed by atoms with van der Waals surface area (Å²) in [6, 6.07) is 0.398. The summed E-state index contributed by atoms with van der Waals surface area (Å²) in [7, 11) is 4.23. The molecule has 0 spiro atoms. The Bertz CT molecular complexity index is 96.5. The first-order valence-corrected chi connectivity index (χ1v) is 5.80. The summed E-state index contributed by atoms with van der Waals surface area (Å²) in [4.78, 5) is 2.22. The Balaban J connectivity index is 3.00. The van der Waals surface area contributed by atoms with Crippen LogP contribution in [0, 0.1) is 0 Å². The zero-order chi connectivity index (χ0) is 9.40. The number of nitrogens with zero attached hydrogens (tertiary/aromatic N) is 1. The number of hydrogen-bond donors (Lipinski definition) is 1. The molecule has 2 nitrogen and oxygen atoms in total. The van der Waals surface area contributed by atoms with Crippen molar-refractivity contribution in [2.45, 2.75) is 25.8 Å². The lowest BCUT2D eigenvalue weighted by Crippen LogP contribution is -2.21. The van der Waals surface area contributed by atoms with Crippen molar-refractivity contribution in [1.29, 1.82) is 0 Å². The first-order valence-electron chi connectivity index (χ1n) is 4.64. The molecular weight excluding hydrogens is 168 g/mol. The number of nitrogens with two attached hydrogens (primary N) is 1. The van der Waals surface area contributed by atoms with Crippen LogP contribution >= 0.6 is 11.8 Å². The second-order valence-electron chi connectivity index (χ2n) is 3.40. The smallest absolute Gasteiger partial charge is 0.0127 e. The molecule has 1 atom stereocenters. The van der Waals surface area contributed by atoms with Crippen LogP contribution in [-0.2, 0) is 0 Å². The summed E-state index contributed by atoms with van der Waals surface area (Å²) in [6.45, 7) is 3.33. The molecule has 0 aliphatic heterocycles. The standard InChI is InChI=1S/C9H22N2S/c1-4-9(10)8-12-7-5-6-11(2)3/h9H,4-8,10H2,1-3H3. The minimum atomic E-state index is 0.398. The summed E-state index contributed by atoms with van der Waals surface area (Å²) >= 11 is 1.98. The van der Waals surface area contributed by atoms with Gasteiger partial charge in [0.2, 0.25) is 0 Å². The lowest BCUT2D eigenvalue weighted by Gasteiger charge is -2.10. The molecule has 0 bridgehead atoms. The van der Waals surface area contributed by atoms with E-state index < -0.39 is 0 Å². The van der Waals surface area contributed by atoms with Crippen molar-refractivity contribution in [2.75, 3.05) is 32.1 Å². The molecule has 74 valence electrons. The zero-order valence-electron chi connectivity index (χ0n) is 8.55. The normalized spacial score (nSPS) is 13.8. The van der Waals surface area contributed by atoms with Crippen molar-refractivity contribution in [1.82, 2.24) is 4.90 Å². The molecule has 0 aliphatic rings. The summed E-state index contributed by atoms with van der Waals surface area (Å²) in [5.41, 5.74) is 5.78. The predicted molar refractivity (Wildman–Crippen MR) is 58.8 cm³/mol. The van der Waals surface area contributed by atoms with E-state index in [9.17, 15) is 0 Å². The maximum atomic E-state index is 5.78. The van der Waals surface area contributed by atoms with Gasteiger partial charge in [-0.05, 0) is 39.2 Å². The Morgan fingerprint density at radius 2 is 2.08 bits per heavy atom. The van der Waals surface area contributed by atoms with E-state index in [0.29, 0.717) is 6.04 Å². The van der Waals surface area contributed by atoms with E-state index in [1.54, 1.807) is 0 Å². The van der Waals surface area contributed by atoms with Crippen LogP contribution < -0.4 is 5.73 Å². The highest BCUT2D eigenvalue weighted by Crippen LogP contribution is 2.05. The molecule has 0 heterocycles. The Morgan fingerprint density at radius 3 is 2.58 bits per heavy atom. The van der Waals surface area contributed by atoms with Gasteiger partial charge in [-0.2, -0.15) is 11.8 Å². The van der Waals surface area contributed by atoms with Gasteiger partial charge in [-0.1, -0.05) is 6.92 Å². The van der Waals surface area contributed by atoms with Crippen LogP contribution in [0.4, 0.5) is 0 Å². The van der Waals surface area contributed by atoms with E-state index in [2.05, 4.69) is 25.9 Å². The minimum Gasteiger partial charge on any atom is -0.327 e. The number of thioether (sulfide) groups is 1. The maximum absolute atomic E-state index is 5.78. The Kier molecular flexibility index (Phi) is 8.07. The molecule has 0 saturated heterocycles. The van der Waals surface area contributed by atoms with Crippen LogP contribution in [0.15, 0.2) is 0 Å². The predicted octanol–water partition coefficient (Wildman–Crippen LogP) is 1.41. The molecule has 0 radical (unpaired) electrons. The van der Waals surface area contributed by atoms with Crippen molar-refractivity contribution in [3.05, 3.63) is 0 Å². The van der Waals surface area contributed by atoms with Crippen molar-refractivity contribution < 1.29 is 0 Å². The SMILES string of the molecule is CCC(N)CSCCCN(C)C. The van der Waals surface area contributed by atoms with Gasteiger partial charge in [-0.3, -0.25) is 0 Å². The van der Waals surface area contributed by atoms with E-state index in [1.165, 1.54) is 18.7 Å². The van der Waals surface area contributed by atoms with Gasteiger partial charge in [0.05, 0.1) is 0 Å². The largest absolute Gasteiger partial charge is 0.327 e. The highest BCUT2D eigenvalue weighted by atomic mass is 32.2. The van der Waals surface area contributed by atoms with E-state index >= 15 is 0 Å². The van der Waals surface area contributed by atoms with Crippen molar-refractivity contribution in [3.63, 3.8) is 0 Å². The third-order valence-corrected chi connectivity index (χ3v) is 2.99. The molecule has 1 unspecified atom stereocenters. The van der Waals surface area contributed by atoms with Gasteiger partial charge >= 0.3 is 0 Å². The molecule has 0 saturated carbocycles. The third kappa shape index (κ3) is 8.37. The van der Waals surface area contributed by atoms with Crippen LogP contribution in [0.25, 0.3) is 0 Å². The van der Waals surface area contributed by atoms with Gasteiger partial charge < -0.3 is 10.6 Å². The fourth-order valence-corrected chi connectivity index (χ4v) is 1.87. The molecule has 0 fully saturated rings. The molecule has 0 aromatic heterocycles. The van der Waals surface area contributed by atoms with E-state index in [1.807, 2.05) is 11.8 Å². The Labute approximate surface area is 80.9 Å². The summed E-state index contributed by atoms with van der Waals surface area (Å²) in [6.07, 6.45) is 2.37. The monoisotopic (exact) mass is 190 g/mol. The second-order valence-corrected chi connectivity index (χ2v) is 4.55.